The van der Waals surface area contributed by atoms with E-state index in [0.29, 0.717) is 5.92 Å². The zero-order valence-corrected chi connectivity index (χ0v) is 10.5. The van der Waals surface area contributed by atoms with Crippen molar-refractivity contribution < 1.29 is 4.42 Å². The van der Waals surface area contributed by atoms with Crippen molar-refractivity contribution in [3.05, 3.63) is 46.7 Å². The van der Waals surface area contributed by atoms with Gasteiger partial charge in [0.15, 0.2) is 0 Å². The second kappa shape index (κ2) is 5.42. The Morgan fingerprint density at radius 3 is 2.35 bits per heavy atom. The molecule has 92 valence electrons. The minimum Gasteiger partial charge on any atom is -0.461 e. The van der Waals surface area contributed by atoms with Crippen molar-refractivity contribution in [3.8, 4) is 11.3 Å². The van der Waals surface area contributed by atoms with Crippen LogP contribution in [0, 0.1) is 6.92 Å². The van der Waals surface area contributed by atoms with Crippen molar-refractivity contribution in [3.63, 3.8) is 0 Å². The van der Waals surface area contributed by atoms with Gasteiger partial charge in [0, 0.05) is 16.5 Å². The summed E-state index contributed by atoms with van der Waals surface area (Å²) < 4.78 is 5.77. The number of hydrogen-bond donors (Lipinski definition) is 0. The molecule has 0 aliphatic carbocycles. The summed E-state index contributed by atoms with van der Waals surface area (Å²) in [5.41, 5.74) is 2.11. The Morgan fingerprint density at radius 2 is 1.82 bits per heavy atom. The summed E-state index contributed by atoms with van der Waals surface area (Å²) in [7, 11) is 0. The van der Waals surface area contributed by atoms with Gasteiger partial charge >= 0.3 is 0 Å². The molecule has 0 saturated carbocycles. The van der Waals surface area contributed by atoms with Crippen LogP contribution >= 0.6 is 11.6 Å². The summed E-state index contributed by atoms with van der Waals surface area (Å²) in [6.45, 7) is 6.23. The van der Waals surface area contributed by atoms with Crippen molar-refractivity contribution in [2.24, 2.45) is 0 Å². The van der Waals surface area contributed by atoms with Gasteiger partial charge in [-0.25, -0.2) is 0 Å². The van der Waals surface area contributed by atoms with Gasteiger partial charge in [0.05, 0.1) is 0 Å². The lowest BCUT2D eigenvalue weighted by Crippen LogP contribution is -1.81. The molecule has 0 N–H and O–H groups in total. The van der Waals surface area contributed by atoms with Crippen LogP contribution in [0.25, 0.3) is 11.3 Å². The van der Waals surface area contributed by atoms with E-state index in [4.69, 9.17) is 16.0 Å². The van der Waals surface area contributed by atoms with Crippen LogP contribution in [0.4, 0.5) is 0 Å². The van der Waals surface area contributed by atoms with E-state index < -0.39 is 0 Å². The number of rotatable bonds is 2. The number of halogens is 1. The van der Waals surface area contributed by atoms with Gasteiger partial charge in [-0.2, -0.15) is 0 Å². The monoisotopic (exact) mass is 250 g/mol. The van der Waals surface area contributed by atoms with E-state index in [9.17, 15) is 0 Å². The van der Waals surface area contributed by atoms with Crippen molar-refractivity contribution >= 4 is 11.6 Å². The van der Waals surface area contributed by atoms with E-state index in [0.717, 1.165) is 27.7 Å². The molecular weight excluding hydrogens is 232 g/mol. The molecule has 0 saturated heterocycles. The fourth-order valence-corrected chi connectivity index (χ4v) is 1.74. The highest BCUT2D eigenvalue weighted by Crippen LogP contribution is 2.28. The second-order valence-electron chi connectivity index (χ2n) is 4.32. The average Bonchev–Trinajstić information content (AvgIpc) is 2.71. The first kappa shape index (κ1) is 13.9. The highest BCUT2D eigenvalue weighted by Gasteiger charge is 2.08. The Labute approximate surface area is 108 Å². The number of hydrogen-bond acceptors (Lipinski definition) is 1. The summed E-state index contributed by atoms with van der Waals surface area (Å²) in [4.78, 5) is 0. The summed E-state index contributed by atoms with van der Waals surface area (Å²) in [6.07, 6.45) is 0. The van der Waals surface area contributed by atoms with E-state index in [2.05, 4.69) is 13.8 Å². The van der Waals surface area contributed by atoms with Gasteiger partial charge < -0.3 is 4.42 Å². The van der Waals surface area contributed by atoms with E-state index in [-0.39, 0.29) is 7.43 Å². The third-order valence-electron chi connectivity index (χ3n) is 2.65. The highest BCUT2D eigenvalue weighted by molar-refractivity contribution is 6.31. The molecule has 0 radical (unpaired) electrons. The number of aryl methyl sites for hydroxylation is 1. The number of furan rings is 1. The van der Waals surface area contributed by atoms with E-state index in [1.54, 1.807) is 0 Å². The minimum atomic E-state index is 0. The number of benzene rings is 1. The molecular formula is C15H19ClO. The van der Waals surface area contributed by atoms with Gasteiger partial charge in [-0.3, -0.25) is 0 Å². The Hall–Kier alpha value is -1.21. The summed E-state index contributed by atoms with van der Waals surface area (Å²) in [6, 6.07) is 10.0. The molecule has 1 aromatic carbocycles. The first-order valence-electron chi connectivity index (χ1n) is 5.44. The largest absolute Gasteiger partial charge is 0.461 e. The predicted octanol–water partition coefficient (Wildman–Crippen LogP) is 5.67. The first-order valence-corrected chi connectivity index (χ1v) is 5.82. The lowest BCUT2D eigenvalue weighted by molar-refractivity contribution is 0.498. The SMILES string of the molecule is C.Cc1ccc(-c2ccc(C(C)C)o2)cc1Cl. The summed E-state index contributed by atoms with van der Waals surface area (Å²) in [5.74, 6) is 2.30. The third kappa shape index (κ3) is 2.92. The van der Waals surface area contributed by atoms with Gasteiger partial charge in [0.25, 0.3) is 0 Å². The van der Waals surface area contributed by atoms with E-state index >= 15 is 0 Å². The highest BCUT2D eigenvalue weighted by atomic mass is 35.5. The Kier molecular flexibility index (Phi) is 4.41. The molecule has 2 rings (SSSR count). The lowest BCUT2D eigenvalue weighted by atomic mass is 10.1. The van der Waals surface area contributed by atoms with Crippen molar-refractivity contribution in [1.82, 2.24) is 0 Å². The molecule has 0 unspecified atom stereocenters. The van der Waals surface area contributed by atoms with E-state index in [1.807, 2.05) is 37.3 Å². The van der Waals surface area contributed by atoms with Crippen LogP contribution in [0.15, 0.2) is 34.7 Å². The molecule has 1 heterocycles. The predicted molar refractivity (Wildman–Crippen MR) is 74.7 cm³/mol. The Balaban J connectivity index is 0.00000144. The van der Waals surface area contributed by atoms with Crippen LogP contribution in [-0.2, 0) is 0 Å². The van der Waals surface area contributed by atoms with Crippen LogP contribution in [0.1, 0.15) is 38.5 Å². The standard InChI is InChI=1S/C14H15ClO.CH4/c1-9(2)13-6-7-14(16-13)11-5-4-10(3)12(15)8-11;/h4-9H,1-3H3;1H4. The molecule has 2 aromatic rings. The quantitative estimate of drug-likeness (QED) is 0.670. The molecule has 0 spiro atoms. The molecule has 0 amide bonds. The molecule has 0 aliphatic rings. The Morgan fingerprint density at radius 1 is 1.12 bits per heavy atom. The van der Waals surface area contributed by atoms with Crippen molar-refractivity contribution in [2.75, 3.05) is 0 Å². The van der Waals surface area contributed by atoms with Gasteiger partial charge in [0.1, 0.15) is 11.5 Å². The van der Waals surface area contributed by atoms with E-state index in [1.165, 1.54) is 0 Å². The molecule has 0 atom stereocenters. The maximum atomic E-state index is 6.09. The first-order chi connectivity index (χ1) is 7.58. The smallest absolute Gasteiger partial charge is 0.134 e. The fraction of sp³-hybridized carbons (Fsp3) is 0.333. The van der Waals surface area contributed by atoms with Crippen LogP contribution < -0.4 is 0 Å². The summed E-state index contributed by atoms with van der Waals surface area (Å²) >= 11 is 6.09. The lowest BCUT2D eigenvalue weighted by Gasteiger charge is -2.02. The average molecular weight is 251 g/mol. The van der Waals surface area contributed by atoms with Crippen LogP contribution in [0.2, 0.25) is 5.02 Å². The minimum absolute atomic E-state index is 0. The van der Waals surface area contributed by atoms with Gasteiger partial charge in [0.2, 0.25) is 0 Å². The molecule has 0 fully saturated rings. The zero-order valence-electron chi connectivity index (χ0n) is 9.75. The maximum Gasteiger partial charge on any atom is 0.134 e. The molecule has 17 heavy (non-hydrogen) atoms. The Bertz CT molecular complexity index is 497. The van der Waals surface area contributed by atoms with Crippen LogP contribution in [0.3, 0.4) is 0 Å². The third-order valence-corrected chi connectivity index (χ3v) is 3.06. The van der Waals surface area contributed by atoms with Gasteiger partial charge in [-0.1, -0.05) is 45.0 Å². The molecule has 1 aromatic heterocycles. The maximum absolute atomic E-state index is 6.09. The molecule has 2 heteroatoms. The zero-order chi connectivity index (χ0) is 11.7. The van der Waals surface area contributed by atoms with Gasteiger partial charge in [-0.15, -0.1) is 0 Å². The molecule has 1 nitrogen and oxygen atoms in total. The normalized spacial score (nSPS) is 10.4. The summed E-state index contributed by atoms with van der Waals surface area (Å²) in [5, 5.41) is 0.778. The fourth-order valence-electron chi connectivity index (χ4n) is 1.56. The van der Waals surface area contributed by atoms with Gasteiger partial charge in [-0.05, 0) is 30.7 Å². The van der Waals surface area contributed by atoms with Crippen LogP contribution in [-0.4, -0.2) is 0 Å². The molecule has 0 bridgehead atoms. The van der Waals surface area contributed by atoms with Crippen molar-refractivity contribution in [2.45, 2.75) is 34.1 Å². The molecule has 0 aliphatic heterocycles. The van der Waals surface area contributed by atoms with Crippen molar-refractivity contribution in [1.29, 1.82) is 0 Å². The second-order valence-corrected chi connectivity index (χ2v) is 4.73. The van der Waals surface area contributed by atoms with Crippen LogP contribution in [0.5, 0.6) is 0 Å². The topological polar surface area (TPSA) is 13.1 Å².